The summed E-state index contributed by atoms with van der Waals surface area (Å²) in [6, 6.07) is 6.23. The molecule has 3 aromatic rings. The number of benzene rings is 1. The summed E-state index contributed by atoms with van der Waals surface area (Å²) in [5.74, 6) is -5.63. The van der Waals surface area contributed by atoms with Gasteiger partial charge in [-0.2, -0.15) is 8.78 Å². The van der Waals surface area contributed by atoms with Crippen molar-refractivity contribution in [3.8, 4) is 0 Å². The van der Waals surface area contributed by atoms with Crippen LogP contribution in [0.5, 0.6) is 0 Å². The summed E-state index contributed by atoms with van der Waals surface area (Å²) >= 11 is 0. The third-order valence-corrected chi connectivity index (χ3v) is 6.20. The quantitative estimate of drug-likeness (QED) is 0.671. The van der Waals surface area contributed by atoms with E-state index in [0.717, 1.165) is 6.20 Å². The number of anilines is 1. The van der Waals surface area contributed by atoms with E-state index in [1.165, 1.54) is 35.4 Å². The highest BCUT2D eigenvalue weighted by Gasteiger charge is 2.59. The fraction of sp³-hybridized carbons (Fsp3) is 0.318. The van der Waals surface area contributed by atoms with Gasteiger partial charge in [0.05, 0.1) is 11.9 Å². The average Bonchev–Trinajstić information content (AvgIpc) is 3.22. The molecular formula is C22H19F2N5O3. The number of alkyl halides is 2. The van der Waals surface area contributed by atoms with Gasteiger partial charge >= 0.3 is 11.8 Å². The molecule has 1 fully saturated rings. The molecule has 5 rings (SSSR count). The van der Waals surface area contributed by atoms with Gasteiger partial charge in [-0.25, -0.2) is 9.97 Å². The summed E-state index contributed by atoms with van der Waals surface area (Å²) in [6.07, 6.45) is 3.90. The van der Waals surface area contributed by atoms with Crippen molar-refractivity contribution < 1.29 is 22.8 Å². The molecule has 2 aromatic heterocycles. The summed E-state index contributed by atoms with van der Waals surface area (Å²) in [7, 11) is 1.56. The summed E-state index contributed by atoms with van der Waals surface area (Å²) < 4.78 is 34.6. The largest absolute Gasteiger partial charge is 0.431 e. The van der Waals surface area contributed by atoms with Gasteiger partial charge < -0.3 is 9.73 Å². The Labute approximate surface area is 181 Å². The number of halogens is 2. The summed E-state index contributed by atoms with van der Waals surface area (Å²) in [4.78, 5) is 39.6. The number of amides is 2. The lowest BCUT2D eigenvalue weighted by Crippen LogP contribution is -2.49. The molecule has 32 heavy (non-hydrogen) atoms. The molecule has 2 amide bonds. The summed E-state index contributed by atoms with van der Waals surface area (Å²) in [5, 5.41) is 2.63. The van der Waals surface area contributed by atoms with Crippen molar-refractivity contribution in [2.45, 2.75) is 24.8 Å². The van der Waals surface area contributed by atoms with Gasteiger partial charge in [0.15, 0.2) is 11.6 Å². The molecule has 2 aliphatic rings. The molecule has 4 atom stereocenters. The van der Waals surface area contributed by atoms with Gasteiger partial charge in [0, 0.05) is 36.8 Å². The van der Waals surface area contributed by atoms with Crippen molar-refractivity contribution >= 4 is 17.6 Å². The van der Waals surface area contributed by atoms with Gasteiger partial charge in [-0.05, 0) is 5.92 Å². The van der Waals surface area contributed by atoms with E-state index in [-0.39, 0.29) is 29.2 Å². The molecule has 1 N–H and O–H groups in total. The fourth-order valence-electron chi connectivity index (χ4n) is 4.42. The Hall–Kier alpha value is -3.69. The van der Waals surface area contributed by atoms with E-state index in [1.54, 1.807) is 19.3 Å². The second kappa shape index (κ2) is 7.18. The normalized spacial score (nSPS) is 24.4. The van der Waals surface area contributed by atoms with Crippen molar-refractivity contribution in [2.24, 2.45) is 11.8 Å². The smallest absolute Gasteiger partial charge is 0.331 e. The SMILES string of the molecule is C[C@H]1[C@H]2c3nccnc3N(C)C(=O)[C@@H](NC(=O)c3ncc(C(F)(F)c4ccccc4)o3)[C@@H]12. The van der Waals surface area contributed by atoms with Crippen LogP contribution in [0, 0.1) is 11.8 Å². The number of fused-ring (bicyclic) bond motifs is 3. The number of hydrogen-bond acceptors (Lipinski definition) is 6. The fourth-order valence-corrected chi connectivity index (χ4v) is 4.42. The molecule has 1 aromatic carbocycles. The van der Waals surface area contributed by atoms with Gasteiger partial charge in [0.25, 0.3) is 11.8 Å². The Morgan fingerprint density at radius 1 is 1.16 bits per heavy atom. The number of hydrogen-bond donors (Lipinski definition) is 1. The maximum absolute atomic E-state index is 14.7. The monoisotopic (exact) mass is 439 g/mol. The van der Waals surface area contributed by atoms with Crippen molar-refractivity contribution in [2.75, 3.05) is 11.9 Å². The molecule has 0 saturated heterocycles. The van der Waals surface area contributed by atoms with Crippen molar-refractivity contribution in [1.82, 2.24) is 20.3 Å². The van der Waals surface area contributed by atoms with E-state index in [1.807, 2.05) is 6.92 Å². The molecule has 10 heteroatoms. The van der Waals surface area contributed by atoms with E-state index in [2.05, 4.69) is 20.3 Å². The maximum atomic E-state index is 14.7. The van der Waals surface area contributed by atoms with Crippen LogP contribution < -0.4 is 10.2 Å². The predicted octanol–water partition coefficient (Wildman–Crippen LogP) is 2.73. The zero-order chi connectivity index (χ0) is 22.6. The molecule has 1 aliphatic heterocycles. The maximum Gasteiger partial charge on any atom is 0.331 e. The van der Waals surface area contributed by atoms with E-state index in [9.17, 15) is 18.4 Å². The highest BCUT2D eigenvalue weighted by Crippen LogP contribution is 2.58. The number of carbonyl (C=O) groups excluding carboxylic acids is 2. The lowest BCUT2D eigenvalue weighted by Gasteiger charge is -2.22. The highest BCUT2D eigenvalue weighted by atomic mass is 19.3. The van der Waals surface area contributed by atoms with Crippen LogP contribution in [0.1, 0.15) is 40.5 Å². The standard InChI is InChI=1S/C22H19F2N5O3/c1-11-14-15(11)17(21(31)29(2)18-16(14)25-8-9-26-18)28-19(30)20-27-10-13(32-20)22(23,24)12-6-4-3-5-7-12/h3-11,14-15,17H,1-2H3,(H,28,30)/t11-,14+,15-,17-/m0/s1. The van der Waals surface area contributed by atoms with Crippen LogP contribution in [-0.4, -0.2) is 39.9 Å². The van der Waals surface area contributed by atoms with E-state index in [0.29, 0.717) is 11.5 Å². The molecule has 0 spiro atoms. The Morgan fingerprint density at radius 2 is 1.88 bits per heavy atom. The minimum absolute atomic E-state index is 0.0413. The first-order valence-corrected chi connectivity index (χ1v) is 10.1. The minimum atomic E-state index is -3.46. The van der Waals surface area contributed by atoms with Crippen LogP contribution in [0.2, 0.25) is 0 Å². The zero-order valence-electron chi connectivity index (χ0n) is 17.2. The van der Waals surface area contributed by atoms with E-state index < -0.39 is 29.5 Å². The van der Waals surface area contributed by atoms with Crippen molar-refractivity contribution in [3.63, 3.8) is 0 Å². The second-order valence-electron chi connectivity index (χ2n) is 8.05. The Balaban J connectivity index is 1.39. The van der Waals surface area contributed by atoms with Crippen LogP contribution in [0.25, 0.3) is 0 Å². The van der Waals surface area contributed by atoms with Gasteiger partial charge in [-0.1, -0.05) is 37.3 Å². The van der Waals surface area contributed by atoms with Crippen LogP contribution >= 0.6 is 0 Å². The highest BCUT2D eigenvalue weighted by molar-refractivity contribution is 6.02. The van der Waals surface area contributed by atoms with Crippen molar-refractivity contribution in [1.29, 1.82) is 0 Å². The van der Waals surface area contributed by atoms with Crippen LogP contribution in [-0.2, 0) is 10.7 Å². The Kier molecular flexibility index (Phi) is 4.54. The van der Waals surface area contributed by atoms with Gasteiger partial charge in [-0.15, -0.1) is 0 Å². The molecular weight excluding hydrogens is 420 g/mol. The van der Waals surface area contributed by atoms with Crippen LogP contribution in [0.4, 0.5) is 14.6 Å². The molecule has 0 bridgehead atoms. The van der Waals surface area contributed by atoms with Crippen LogP contribution in [0.15, 0.2) is 53.3 Å². The Morgan fingerprint density at radius 3 is 2.62 bits per heavy atom. The number of carbonyl (C=O) groups is 2. The number of oxazole rings is 1. The van der Waals surface area contributed by atoms with Crippen molar-refractivity contribution in [3.05, 3.63) is 71.8 Å². The number of likely N-dealkylation sites (N-methyl/N-ethyl adjacent to an activating group) is 1. The lowest BCUT2D eigenvalue weighted by molar-refractivity contribution is -0.120. The first-order chi connectivity index (χ1) is 15.3. The topological polar surface area (TPSA) is 101 Å². The van der Waals surface area contributed by atoms with Gasteiger partial charge in [0.2, 0.25) is 0 Å². The van der Waals surface area contributed by atoms with Crippen LogP contribution in [0.3, 0.4) is 0 Å². The third-order valence-electron chi connectivity index (χ3n) is 6.20. The summed E-state index contributed by atoms with van der Waals surface area (Å²) in [6.45, 7) is 1.97. The van der Waals surface area contributed by atoms with E-state index in [4.69, 9.17) is 4.42 Å². The van der Waals surface area contributed by atoms with E-state index >= 15 is 0 Å². The second-order valence-corrected chi connectivity index (χ2v) is 8.05. The first kappa shape index (κ1) is 20.2. The third kappa shape index (κ3) is 3.05. The minimum Gasteiger partial charge on any atom is -0.431 e. The molecule has 164 valence electrons. The average molecular weight is 439 g/mol. The molecule has 0 radical (unpaired) electrons. The molecule has 0 unspecified atom stereocenters. The van der Waals surface area contributed by atoms with Gasteiger partial charge in [0.1, 0.15) is 6.04 Å². The number of nitrogens with zero attached hydrogens (tertiary/aromatic N) is 4. The molecule has 1 saturated carbocycles. The molecule has 8 nitrogen and oxygen atoms in total. The first-order valence-electron chi connectivity index (χ1n) is 10.1. The number of rotatable bonds is 4. The molecule has 3 heterocycles. The summed E-state index contributed by atoms with van der Waals surface area (Å²) in [5.41, 5.74) is 0.426. The number of aromatic nitrogens is 3. The molecule has 1 aliphatic carbocycles. The zero-order valence-corrected chi connectivity index (χ0v) is 17.2. The number of nitrogens with one attached hydrogen (secondary N) is 1. The van der Waals surface area contributed by atoms with Gasteiger partial charge in [-0.3, -0.25) is 19.5 Å². The lowest BCUT2D eigenvalue weighted by atomic mass is 10.1. The predicted molar refractivity (Wildman–Crippen MR) is 108 cm³/mol. The Bertz CT molecular complexity index is 1200.